The largest absolute Gasteiger partial charge is 0.444 e. The average Bonchev–Trinajstić information content (AvgIpc) is 3.09. The van der Waals surface area contributed by atoms with Crippen molar-refractivity contribution in [1.29, 1.82) is 5.26 Å². The van der Waals surface area contributed by atoms with E-state index >= 15 is 8.78 Å². The molecule has 0 atom stereocenters. The third-order valence-corrected chi connectivity index (χ3v) is 8.56. The number of fused-ring (bicyclic) bond motifs is 1. The Morgan fingerprint density at radius 3 is 2.37 bits per heavy atom. The summed E-state index contributed by atoms with van der Waals surface area (Å²) in [6.07, 6.45) is 0.605. The molecule has 12 nitrogen and oxygen atoms in total. The zero-order chi connectivity index (χ0) is 37.3. The molecule has 0 unspecified atom stereocenters. The highest BCUT2D eigenvalue weighted by molar-refractivity contribution is 6.05. The lowest BCUT2D eigenvalue weighted by atomic mass is 9.99. The number of nitriles is 1. The molecule has 1 saturated heterocycles. The number of aromatic nitrogens is 2. The van der Waals surface area contributed by atoms with Gasteiger partial charge in [-0.05, 0) is 88.6 Å². The van der Waals surface area contributed by atoms with Crippen molar-refractivity contribution in [3.63, 3.8) is 0 Å². The lowest BCUT2D eigenvalue weighted by Gasteiger charge is -2.34. The Hall–Kier alpha value is -6.17. The number of urea groups is 1. The van der Waals surface area contributed by atoms with Crippen LogP contribution in [0.3, 0.4) is 0 Å². The molecule has 1 fully saturated rings. The monoisotopic (exact) mass is 712 g/mol. The lowest BCUT2D eigenvalue weighted by Crippen LogP contribution is -2.45. The molecule has 3 N–H and O–H groups in total. The number of likely N-dealkylation sites (tertiary alicyclic amines) is 1. The Morgan fingerprint density at radius 1 is 1.00 bits per heavy atom. The summed E-state index contributed by atoms with van der Waals surface area (Å²) in [6, 6.07) is 12.5. The Kier molecular flexibility index (Phi) is 9.75. The number of benzene rings is 3. The minimum atomic E-state index is -0.979. The number of halogens is 3. The molecule has 2 aliphatic rings. The van der Waals surface area contributed by atoms with E-state index in [1.54, 1.807) is 56.9 Å². The number of nitrogens with zero attached hydrogens (tertiary/aromatic N) is 5. The first-order valence-electron chi connectivity index (χ1n) is 16.5. The van der Waals surface area contributed by atoms with Crippen molar-refractivity contribution in [2.45, 2.75) is 58.7 Å². The number of amides is 4. The van der Waals surface area contributed by atoms with Crippen molar-refractivity contribution in [3.8, 4) is 17.3 Å². The predicted octanol–water partition coefficient (Wildman–Crippen LogP) is 7.17. The molecular formula is C37H35F3N8O4. The van der Waals surface area contributed by atoms with Gasteiger partial charge in [0.15, 0.2) is 5.82 Å². The summed E-state index contributed by atoms with van der Waals surface area (Å²) < 4.78 is 50.2. The van der Waals surface area contributed by atoms with Crippen LogP contribution in [-0.2, 0) is 11.3 Å². The fourth-order valence-corrected chi connectivity index (χ4v) is 5.98. The number of carbonyl (C=O) groups excluding carboxylic acids is 3. The van der Waals surface area contributed by atoms with E-state index in [1.807, 2.05) is 0 Å². The molecule has 3 heterocycles. The molecule has 0 saturated carbocycles. The topological polar surface area (TPSA) is 153 Å². The summed E-state index contributed by atoms with van der Waals surface area (Å²) in [5.41, 5.74) is 0.750. The van der Waals surface area contributed by atoms with Crippen LogP contribution in [0.1, 0.15) is 60.7 Å². The summed E-state index contributed by atoms with van der Waals surface area (Å²) >= 11 is 0. The SMILES string of the molecule is Cc1ccc(NC(=O)c2ccc(C#N)c(F)c2)cc1-c1nc(NC2CCN(C(=O)OC(C)(C)C)CC2)nc2c1CNC(=O)N2c1c(F)cccc1F. The molecule has 0 bridgehead atoms. The fourth-order valence-electron chi connectivity index (χ4n) is 5.98. The summed E-state index contributed by atoms with van der Waals surface area (Å²) in [6.45, 7) is 7.90. The molecule has 15 heteroatoms. The Morgan fingerprint density at radius 2 is 1.71 bits per heavy atom. The molecule has 2 aliphatic heterocycles. The van der Waals surface area contributed by atoms with Crippen LogP contribution in [0.5, 0.6) is 0 Å². The lowest BCUT2D eigenvalue weighted by molar-refractivity contribution is 0.0210. The van der Waals surface area contributed by atoms with E-state index in [0.29, 0.717) is 54.0 Å². The van der Waals surface area contributed by atoms with Crippen LogP contribution < -0.4 is 20.9 Å². The highest BCUT2D eigenvalue weighted by Crippen LogP contribution is 2.40. The highest BCUT2D eigenvalue weighted by atomic mass is 19.1. The number of hydrogen-bond acceptors (Lipinski definition) is 8. The third kappa shape index (κ3) is 7.46. The van der Waals surface area contributed by atoms with Crippen LogP contribution in [0.25, 0.3) is 11.3 Å². The normalized spacial score (nSPS) is 14.6. The molecule has 268 valence electrons. The summed E-state index contributed by atoms with van der Waals surface area (Å²) in [5, 5.41) is 17.7. The smallest absolute Gasteiger partial charge is 0.410 e. The summed E-state index contributed by atoms with van der Waals surface area (Å²) in [5.74, 6) is -3.40. The third-order valence-electron chi connectivity index (χ3n) is 8.56. The van der Waals surface area contributed by atoms with E-state index in [1.165, 1.54) is 18.2 Å². The van der Waals surface area contributed by atoms with Crippen LogP contribution in [0.15, 0.2) is 54.6 Å². The maximum absolute atomic E-state index is 15.2. The van der Waals surface area contributed by atoms with Crippen molar-refractivity contribution in [2.24, 2.45) is 0 Å². The number of rotatable bonds is 6. The van der Waals surface area contributed by atoms with Gasteiger partial charge < -0.3 is 25.6 Å². The van der Waals surface area contributed by atoms with Crippen LogP contribution in [-0.4, -0.2) is 57.6 Å². The number of aryl methyl sites for hydroxylation is 1. The first kappa shape index (κ1) is 35.6. The number of carbonyl (C=O) groups is 3. The van der Waals surface area contributed by atoms with Gasteiger partial charge in [0.1, 0.15) is 34.8 Å². The van der Waals surface area contributed by atoms with Crippen molar-refractivity contribution < 1.29 is 32.3 Å². The van der Waals surface area contributed by atoms with Crippen LogP contribution in [0.4, 0.5) is 45.9 Å². The molecule has 1 aromatic heterocycles. The molecule has 4 aromatic rings. The quantitative estimate of drug-likeness (QED) is 0.190. The van der Waals surface area contributed by atoms with Crippen molar-refractivity contribution in [2.75, 3.05) is 28.6 Å². The van der Waals surface area contributed by atoms with E-state index < -0.39 is 46.8 Å². The van der Waals surface area contributed by atoms with Crippen LogP contribution in [0.2, 0.25) is 0 Å². The van der Waals surface area contributed by atoms with Gasteiger partial charge >= 0.3 is 12.1 Å². The van der Waals surface area contributed by atoms with Gasteiger partial charge in [-0.25, -0.2) is 32.6 Å². The average molecular weight is 713 g/mol. The molecular weight excluding hydrogens is 677 g/mol. The van der Waals surface area contributed by atoms with Gasteiger partial charge in [0.25, 0.3) is 5.91 Å². The number of nitrogens with one attached hydrogen (secondary N) is 3. The van der Waals surface area contributed by atoms with Crippen molar-refractivity contribution in [1.82, 2.24) is 20.2 Å². The molecule has 3 aromatic carbocycles. The molecule has 0 spiro atoms. The van der Waals surface area contributed by atoms with E-state index in [2.05, 4.69) is 20.9 Å². The predicted molar refractivity (Wildman–Crippen MR) is 186 cm³/mol. The second-order valence-corrected chi connectivity index (χ2v) is 13.4. The molecule has 52 heavy (non-hydrogen) atoms. The summed E-state index contributed by atoms with van der Waals surface area (Å²) in [4.78, 5) is 51.0. The standard InChI is InChI=1S/C37H35F3N8O4/c1-20-8-11-24(43-33(49)21-9-10-22(18-41)29(40)16-21)17-25(20)30-26-19-42-35(50)48(31-27(38)6-5-7-28(31)39)32(26)46-34(45-30)44-23-12-14-47(15-13-23)36(51)52-37(2,3)4/h5-11,16-17,23H,12-15,19H2,1-4H3,(H,42,50)(H,43,49)(H,44,45,46). The number of para-hydroxylation sites is 1. The van der Waals surface area contributed by atoms with E-state index in [9.17, 15) is 18.8 Å². The first-order valence-corrected chi connectivity index (χ1v) is 16.5. The number of hydrogen-bond donors (Lipinski definition) is 3. The first-order chi connectivity index (χ1) is 24.7. The van der Waals surface area contributed by atoms with Crippen molar-refractivity contribution >= 4 is 41.2 Å². The second-order valence-electron chi connectivity index (χ2n) is 13.4. The Bertz CT molecular complexity index is 2100. The van der Waals surface area contributed by atoms with Gasteiger partial charge in [0, 0.05) is 41.5 Å². The van der Waals surface area contributed by atoms with E-state index in [-0.39, 0.29) is 35.5 Å². The maximum atomic E-state index is 15.2. The molecule has 4 amide bonds. The molecule has 6 rings (SSSR count). The van der Waals surface area contributed by atoms with Gasteiger partial charge in [-0.1, -0.05) is 12.1 Å². The zero-order valence-corrected chi connectivity index (χ0v) is 28.8. The molecule has 0 aliphatic carbocycles. The van der Waals surface area contributed by atoms with E-state index in [4.69, 9.17) is 15.0 Å². The number of ether oxygens (including phenoxy) is 1. The van der Waals surface area contributed by atoms with Gasteiger partial charge in [-0.2, -0.15) is 10.2 Å². The van der Waals surface area contributed by atoms with E-state index in [0.717, 1.165) is 23.1 Å². The Balaban J connectivity index is 1.38. The second kappa shape index (κ2) is 14.2. The minimum Gasteiger partial charge on any atom is -0.444 e. The Labute approximate surface area is 297 Å². The maximum Gasteiger partial charge on any atom is 0.410 e. The minimum absolute atomic E-state index is 0.00693. The molecule has 0 radical (unpaired) electrons. The summed E-state index contributed by atoms with van der Waals surface area (Å²) in [7, 11) is 0. The van der Waals surface area contributed by atoms with Crippen LogP contribution >= 0.6 is 0 Å². The fraction of sp³-hybridized carbons (Fsp3) is 0.297. The number of anilines is 4. The van der Waals surface area contributed by atoms with Gasteiger partial charge in [0.05, 0.1) is 17.8 Å². The van der Waals surface area contributed by atoms with Gasteiger partial charge in [-0.3, -0.25) is 4.79 Å². The van der Waals surface area contributed by atoms with Gasteiger partial charge in [-0.15, -0.1) is 0 Å². The van der Waals surface area contributed by atoms with Gasteiger partial charge in [0.2, 0.25) is 5.95 Å². The van der Waals surface area contributed by atoms with Crippen LogP contribution in [0, 0.1) is 35.7 Å². The van der Waals surface area contributed by atoms with Crippen molar-refractivity contribution in [3.05, 3.63) is 94.3 Å². The number of piperidine rings is 1. The highest BCUT2D eigenvalue weighted by Gasteiger charge is 2.35. The zero-order valence-electron chi connectivity index (χ0n) is 28.8.